The average molecular weight is 337 g/mol. The van der Waals surface area contributed by atoms with Gasteiger partial charge in [0, 0.05) is 32.0 Å². The molecule has 4 rings (SSSR count). The Balaban J connectivity index is 1.50. The topological polar surface area (TPSA) is 90.9 Å². The lowest BCUT2D eigenvalue weighted by molar-refractivity contribution is -0.130. The van der Waals surface area contributed by atoms with Crippen molar-refractivity contribution >= 4 is 22.9 Å². The number of hydrogen-bond donors (Lipinski definition) is 1. The summed E-state index contributed by atoms with van der Waals surface area (Å²) >= 11 is 0. The lowest BCUT2D eigenvalue weighted by atomic mass is 10.2. The van der Waals surface area contributed by atoms with E-state index < -0.39 is 0 Å². The Morgan fingerprint density at radius 2 is 2.20 bits per heavy atom. The fourth-order valence-electron chi connectivity index (χ4n) is 2.91. The van der Waals surface area contributed by atoms with Gasteiger partial charge in [-0.25, -0.2) is 15.0 Å². The van der Waals surface area contributed by atoms with Crippen LogP contribution in [0.1, 0.15) is 18.4 Å². The van der Waals surface area contributed by atoms with E-state index in [9.17, 15) is 4.79 Å². The molecule has 0 spiro atoms. The molecule has 3 aromatic rings. The summed E-state index contributed by atoms with van der Waals surface area (Å²) in [5, 5.41) is 0. The van der Waals surface area contributed by atoms with Crippen molar-refractivity contribution < 1.29 is 4.79 Å². The van der Waals surface area contributed by atoms with Crippen molar-refractivity contribution in [1.82, 2.24) is 29.8 Å². The summed E-state index contributed by atoms with van der Waals surface area (Å²) in [6.45, 7) is 0.844. The average Bonchev–Trinajstić information content (AvgIpc) is 3.35. The zero-order valence-corrected chi connectivity index (χ0v) is 14.0. The summed E-state index contributed by atoms with van der Waals surface area (Å²) in [6.07, 6.45) is 8.73. The Kier molecular flexibility index (Phi) is 4.01. The highest BCUT2D eigenvalue weighted by molar-refractivity contribution is 5.87. The number of aromatic nitrogens is 5. The molecule has 1 saturated carbocycles. The molecule has 3 aromatic heterocycles. The van der Waals surface area contributed by atoms with Crippen LogP contribution in [0.2, 0.25) is 0 Å². The van der Waals surface area contributed by atoms with Gasteiger partial charge in [-0.2, -0.15) is 0 Å². The van der Waals surface area contributed by atoms with Crippen LogP contribution in [0.4, 0.5) is 5.82 Å². The van der Waals surface area contributed by atoms with E-state index >= 15 is 0 Å². The third-order valence-corrected chi connectivity index (χ3v) is 4.32. The quantitative estimate of drug-likeness (QED) is 0.731. The molecule has 1 aliphatic rings. The van der Waals surface area contributed by atoms with E-state index in [0.29, 0.717) is 24.1 Å². The van der Waals surface area contributed by atoms with Crippen molar-refractivity contribution in [2.75, 3.05) is 18.5 Å². The number of H-pyrrole nitrogens is 1. The summed E-state index contributed by atoms with van der Waals surface area (Å²) in [5.74, 6) is 0.758. The number of nitrogens with zero attached hydrogens (tertiary/aromatic N) is 6. The van der Waals surface area contributed by atoms with Crippen LogP contribution >= 0.6 is 0 Å². The zero-order chi connectivity index (χ0) is 17.2. The molecule has 0 atom stereocenters. The number of aromatic amines is 1. The summed E-state index contributed by atoms with van der Waals surface area (Å²) in [4.78, 5) is 36.4. The van der Waals surface area contributed by atoms with Crippen LogP contribution in [0, 0.1) is 0 Å². The molecule has 1 aliphatic carbocycles. The van der Waals surface area contributed by atoms with Crippen LogP contribution in [-0.2, 0) is 11.3 Å². The van der Waals surface area contributed by atoms with Gasteiger partial charge in [0.2, 0.25) is 5.91 Å². The third-order valence-electron chi connectivity index (χ3n) is 4.32. The van der Waals surface area contributed by atoms with E-state index in [4.69, 9.17) is 0 Å². The van der Waals surface area contributed by atoms with Gasteiger partial charge in [-0.05, 0) is 24.5 Å². The number of nitrogens with one attached hydrogen (secondary N) is 1. The van der Waals surface area contributed by atoms with E-state index in [-0.39, 0.29) is 12.5 Å². The Labute approximate surface area is 144 Å². The van der Waals surface area contributed by atoms with Crippen LogP contribution < -0.4 is 4.90 Å². The predicted octanol–water partition coefficient (Wildman–Crippen LogP) is 1.38. The molecule has 0 radical (unpaired) electrons. The molecule has 0 aliphatic heterocycles. The van der Waals surface area contributed by atoms with Crippen molar-refractivity contribution in [3.8, 4) is 0 Å². The minimum atomic E-state index is 0.0835. The first-order valence-corrected chi connectivity index (χ1v) is 8.26. The molecule has 0 saturated heterocycles. The van der Waals surface area contributed by atoms with Crippen LogP contribution in [0.25, 0.3) is 11.2 Å². The SMILES string of the molecule is CN(CC(=O)N(Cc1cccnc1)C1CC1)c1ncnc2nc[nH]c12. The fourth-order valence-corrected chi connectivity index (χ4v) is 2.91. The number of pyridine rings is 1. The summed E-state index contributed by atoms with van der Waals surface area (Å²) in [7, 11) is 1.86. The number of likely N-dealkylation sites (N-methyl/N-ethyl adjacent to an activating group) is 1. The number of carbonyl (C=O) groups excluding carboxylic acids is 1. The molecule has 1 amide bonds. The second-order valence-electron chi connectivity index (χ2n) is 6.27. The largest absolute Gasteiger partial charge is 0.348 e. The van der Waals surface area contributed by atoms with Crippen molar-refractivity contribution in [2.24, 2.45) is 0 Å². The molecule has 0 aromatic carbocycles. The molecular weight excluding hydrogens is 318 g/mol. The highest BCUT2D eigenvalue weighted by Gasteiger charge is 2.33. The highest BCUT2D eigenvalue weighted by atomic mass is 16.2. The van der Waals surface area contributed by atoms with E-state index in [0.717, 1.165) is 23.9 Å². The van der Waals surface area contributed by atoms with Gasteiger partial charge in [0.25, 0.3) is 0 Å². The fraction of sp³-hybridized carbons (Fsp3) is 0.353. The van der Waals surface area contributed by atoms with Crippen LogP contribution in [-0.4, -0.2) is 55.4 Å². The molecule has 0 bridgehead atoms. The minimum absolute atomic E-state index is 0.0835. The van der Waals surface area contributed by atoms with Crippen LogP contribution in [0.15, 0.2) is 37.2 Å². The number of fused-ring (bicyclic) bond motifs is 1. The number of anilines is 1. The summed E-state index contributed by atoms with van der Waals surface area (Å²) in [5.41, 5.74) is 2.38. The molecule has 1 fully saturated rings. The lowest BCUT2D eigenvalue weighted by Gasteiger charge is -2.26. The van der Waals surface area contributed by atoms with Crippen LogP contribution in [0.5, 0.6) is 0 Å². The number of hydrogen-bond acceptors (Lipinski definition) is 6. The van der Waals surface area contributed by atoms with Crippen molar-refractivity contribution in [3.05, 3.63) is 42.7 Å². The summed E-state index contributed by atoms with van der Waals surface area (Å²) < 4.78 is 0. The maximum Gasteiger partial charge on any atom is 0.242 e. The van der Waals surface area contributed by atoms with Gasteiger partial charge >= 0.3 is 0 Å². The van der Waals surface area contributed by atoms with Gasteiger partial charge in [0.15, 0.2) is 11.5 Å². The normalized spacial score (nSPS) is 13.8. The molecule has 8 heteroatoms. The minimum Gasteiger partial charge on any atom is -0.348 e. The Hall–Kier alpha value is -3.03. The number of carbonyl (C=O) groups is 1. The van der Waals surface area contributed by atoms with E-state index in [1.807, 2.05) is 35.2 Å². The second-order valence-corrected chi connectivity index (χ2v) is 6.27. The first kappa shape index (κ1) is 15.5. The van der Waals surface area contributed by atoms with Gasteiger partial charge in [0.1, 0.15) is 11.8 Å². The highest BCUT2D eigenvalue weighted by Crippen LogP contribution is 2.29. The van der Waals surface area contributed by atoms with Gasteiger partial charge in [-0.1, -0.05) is 6.07 Å². The summed E-state index contributed by atoms with van der Waals surface area (Å²) in [6, 6.07) is 4.23. The Bertz CT molecular complexity index is 875. The molecule has 0 unspecified atom stereocenters. The van der Waals surface area contributed by atoms with Crippen molar-refractivity contribution in [2.45, 2.75) is 25.4 Å². The van der Waals surface area contributed by atoms with Gasteiger partial charge < -0.3 is 14.8 Å². The Morgan fingerprint density at radius 1 is 1.32 bits per heavy atom. The number of imidazole rings is 1. The maximum atomic E-state index is 12.9. The smallest absolute Gasteiger partial charge is 0.242 e. The van der Waals surface area contributed by atoms with Gasteiger partial charge in [-0.15, -0.1) is 0 Å². The van der Waals surface area contributed by atoms with E-state index in [1.165, 1.54) is 6.33 Å². The number of amides is 1. The molecule has 1 N–H and O–H groups in total. The molecule has 8 nitrogen and oxygen atoms in total. The number of rotatable bonds is 6. The Morgan fingerprint density at radius 3 is 2.96 bits per heavy atom. The monoisotopic (exact) mass is 337 g/mol. The first-order chi connectivity index (χ1) is 12.2. The van der Waals surface area contributed by atoms with Gasteiger partial charge in [-0.3, -0.25) is 9.78 Å². The van der Waals surface area contributed by atoms with Crippen molar-refractivity contribution in [3.63, 3.8) is 0 Å². The van der Waals surface area contributed by atoms with Gasteiger partial charge in [0.05, 0.1) is 12.9 Å². The third kappa shape index (κ3) is 3.28. The van der Waals surface area contributed by atoms with Crippen molar-refractivity contribution in [1.29, 1.82) is 0 Å². The molecule has 128 valence electrons. The first-order valence-electron chi connectivity index (χ1n) is 8.26. The molecular formula is C17H19N7O. The molecule has 25 heavy (non-hydrogen) atoms. The van der Waals surface area contributed by atoms with E-state index in [2.05, 4.69) is 24.9 Å². The zero-order valence-electron chi connectivity index (χ0n) is 14.0. The second kappa shape index (κ2) is 6.46. The lowest BCUT2D eigenvalue weighted by Crippen LogP contribution is -2.40. The van der Waals surface area contributed by atoms with E-state index in [1.54, 1.807) is 12.5 Å². The molecule has 3 heterocycles. The predicted molar refractivity (Wildman–Crippen MR) is 92.8 cm³/mol. The van der Waals surface area contributed by atoms with Crippen LogP contribution in [0.3, 0.4) is 0 Å². The maximum absolute atomic E-state index is 12.9. The standard InChI is InChI=1S/C17H19N7O/c1-23(17-15-16(20-10-19-15)21-11-22-17)9-14(25)24(13-4-5-13)8-12-3-2-6-18-7-12/h2-3,6-7,10-11,13H,4-5,8-9H2,1H3,(H,19,20,21,22).